The maximum Gasteiger partial charge on any atom is 0.120 e. The number of aromatic nitrogens is 1. The molecule has 2 aromatic rings. The minimum absolute atomic E-state index is 0.639. The maximum absolute atomic E-state index is 6.11. The van der Waals surface area contributed by atoms with Crippen LogP contribution in [0.15, 0.2) is 42.6 Å². The Hall–Kier alpha value is -1.74. The molecular formula is C13H13ClN2O. The van der Waals surface area contributed by atoms with Gasteiger partial charge < -0.3 is 10.1 Å². The third kappa shape index (κ3) is 3.11. The van der Waals surface area contributed by atoms with Gasteiger partial charge in [-0.2, -0.15) is 0 Å². The van der Waals surface area contributed by atoms with Gasteiger partial charge in [0.15, 0.2) is 0 Å². The highest BCUT2D eigenvalue weighted by Crippen LogP contribution is 2.26. The van der Waals surface area contributed by atoms with E-state index in [0.717, 1.165) is 17.1 Å². The SMILES string of the molecule is COc1ccc(NCc2ccccn2)c(Cl)c1. The first-order valence-electron chi connectivity index (χ1n) is 5.27. The molecule has 0 spiro atoms. The van der Waals surface area contributed by atoms with Gasteiger partial charge in [-0.25, -0.2) is 0 Å². The molecule has 88 valence electrons. The van der Waals surface area contributed by atoms with Crippen LogP contribution in [0.5, 0.6) is 5.75 Å². The molecule has 3 nitrogen and oxygen atoms in total. The van der Waals surface area contributed by atoms with E-state index in [-0.39, 0.29) is 0 Å². The Balaban J connectivity index is 2.04. The van der Waals surface area contributed by atoms with Crippen LogP contribution in [0.4, 0.5) is 5.69 Å². The fourth-order valence-electron chi connectivity index (χ4n) is 1.45. The Morgan fingerprint density at radius 1 is 1.29 bits per heavy atom. The molecule has 2 rings (SSSR count). The summed E-state index contributed by atoms with van der Waals surface area (Å²) in [4.78, 5) is 4.23. The van der Waals surface area contributed by atoms with Crippen LogP contribution in [0, 0.1) is 0 Å². The van der Waals surface area contributed by atoms with Crippen LogP contribution in [0.3, 0.4) is 0 Å². The molecule has 0 saturated heterocycles. The molecule has 1 N–H and O–H groups in total. The van der Waals surface area contributed by atoms with E-state index >= 15 is 0 Å². The van der Waals surface area contributed by atoms with E-state index in [1.807, 2.05) is 30.3 Å². The second-order valence-electron chi connectivity index (χ2n) is 3.52. The molecule has 0 aliphatic carbocycles. The second-order valence-corrected chi connectivity index (χ2v) is 3.93. The summed E-state index contributed by atoms with van der Waals surface area (Å²) in [5.41, 5.74) is 1.84. The Morgan fingerprint density at radius 2 is 2.18 bits per heavy atom. The van der Waals surface area contributed by atoms with Crippen molar-refractivity contribution in [3.63, 3.8) is 0 Å². The van der Waals surface area contributed by atoms with Crippen LogP contribution >= 0.6 is 11.6 Å². The van der Waals surface area contributed by atoms with Crippen LogP contribution in [0.25, 0.3) is 0 Å². The molecule has 0 bridgehead atoms. The molecule has 0 saturated carbocycles. The lowest BCUT2D eigenvalue weighted by molar-refractivity contribution is 0.415. The van der Waals surface area contributed by atoms with Gasteiger partial charge in [-0.3, -0.25) is 4.98 Å². The zero-order chi connectivity index (χ0) is 12.1. The molecule has 0 amide bonds. The summed E-state index contributed by atoms with van der Waals surface area (Å²) in [6, 6.07) is 11.4. The number of hydrogen-bond acceptors (Lipinski definition) is 3. The highest BCUT2D eigenvalue weighted by molar-refractivity contribution is 6.33. The quantitative estimate of drug-likeness (QED) is 0.901. The van der Waals surface area contributed by atoms with Crippen molar-refractivity contribution >= 4 is 17.3 Å². The van der Waals surface area contributed by atoms with Gasteiger partial charge in [0.1, 0.15) is 5.75 Å². The number of nitrogens with zero attached hydrogens (tertiary/aromatic N) is 1. The molecule has 1 aromatic heterocycles. The van der Waals surface area contributed by atoms with Crippen molar-refractivity contribution in [2.45, 2.75) is 6.54 Å². The lowest BCUT2D eigenvalue weighted by Crippen LogP contribution is -2.01. The van der Waals surface area contributed by atoms with Crippen LogP contribution < -0.4 is 10.1 Å². The van der Waals surface area contributed by atoms with Crippen molar-refractivity contribution in [3.8, 4) is 5.75 Å². The van der Waals surface area contributed by atoms with Crippen molar-refractivity contribution in [3.05, 3.63) is 53.3 Å². The van der Waals surface area contributed by atoms with Crippen molar-refractivity contribution < 1.29 is 4.74 Å². The smallest absolute Gasteiger partial charge is 0.120 e. The van der Waals surface area contributed by atoms with Gasteiger partial charge >= 0.3 is 0 Å². The Kier molecular flexibility index (Phi) is 3.83. The van der Waals surface area contributed by atoms with Gasteiger partial charge in [-0.15, -0.1) is 0 Å². The molecule has 17 heavy (non-hydrogen) atoms. The summed E-state index contributed by atoms with van der Waals surface area (Å²) >= 11 is 6.11. The molecule has 1 aromatic carbocycles. The zero-order valence-corrected chi connectivity index (χ0v) is 10.2. The summed E-state index contributed by atoms with van der Waals surface area (Å²) in [6.45, 7) is 0.646. The summed E-state index contributed by atoms with van der Waals surface area (Å²) < 4.78 is 5.09. The van der Waals surface area contributed by atoms with Crippen molar-refractivity contribution in [1.29, 1.82) is 0 Å². The maximum atomic E-state index is 6.11. The fourth-order valence-corrected chi connectivity index (χ4v) is 1.69. The Labute approximate surface area is 105 Å². The standard InChI is InChI=1S/C13H13ClN2O/c1-17-11-5-6-13(12(14)8-11)16-9-10-4-2-3-7-15-10/h2-8,16H,9H2,1H3. The van der Waals surface area contributed by atoms with Crippen molar-refractivity contribution in [2.24, 2.45) is 0 Å². The number of nitrogens with one attached hydrogen (secondary N) is 1. The molecule has 0 aliphatic rings. The third-order valence-corrected chi connectivity index (χ3v) is 2.68. The number of pyridine rings is 1. The summed E-state index contributed by atoms with van der Waals surface area (Å²) in [6.07, 6.45) is 1.77. The van der Waals surface area contributed by atoms with Gasteiger partial charge in [-0.1, -0.05) is 17.7 Å². The monoisotopic (exact) mass is 248 g/mol. The van der Waals surface area contributed by atoms with E-state index in [2.05, 4.69) is 10.3 Å². The van der Waals surface area contributed by atoms with E-state index in [9.17, 15) is 0 Å². The average molecular weight is 249 g/mol. The summed E-state index contributed by atoms with van der Waals surface area (Å²) in [7, 11) is 1.62. The Bertz CT molecular complexity index is 488. The summed E-state index contributed by atoms with van der Waals surface area (Å²) in [5.74, 6) is 0.749. The van der Waals surface area contributed by atoms with Crippen molar-refractivity contribution in [1.82, 2.24) is 4.98 Å². The number of anilines is 1. The predicted octanol–water partition coefficient (Wildman–Crippen LogP) is 3.36. The van der Waals surface area contributed by atoms with E-state index in [1.165, 1.54) is 0 Å². The van der Waals surface area contributed by atoms with E-state index in [4.69, 9.17) is 16.3 Å². The predicted molar refractivity (Wildman–Crippen MR) is 69.6 cm³/mol. The number of hydrogen-bond donors (Lipinski definition) is 1. The second kappa shape index (κ2) is 5.55. The topological polar surface area (TPSA) is 34.1 Å². The number of benzene rings is 1. The van der Waals surface area contributed by atoms with E-state index < -0.39 is 0 Å². The van der Waals surface area contributed by atoms with Gasteiger partial charge in [0.2, 0.25) is 0 Å². The van der Waals surface area contributed by atoms with Gasteiger partial charge in [0.05, 0.1) is 30.1 Å². The minimum Gasteiger partial charge on any atom is -0.497 e. The van der Waals surface area contributed by atoms with Crippen LogP contribution in [-0.4, -0.2) is 12.1 Å². The molecule has 0 aliphatic heterocycles. The molecule has 0 unspecified atom stereocenters. The third-order valence-electron chi connectivity index (χ3n) is 2.36. The normalized spacial score (nSPS) is 10.0. The highest BCUT2D eigenvalue weighted by Gasteiger charge is 2.02. The number of halogens is 1. The lowest BCUT2D eigenvalue weighted by atomic mass is 10.3. The van der Waals surface area contributed by atoms with Gasteiger partial charge in [-0.05, 0) is 24.3 Å². The van der Waals surface area contributed by atoms with Gasteiger partial charge in [0.25, 0.3) is 0 Å². The first-order chi connectivity index (χ1) is 8.29. The molecule has 1 heterocycles. The first-order valence-corrected chi connectivity index (χ1v) is 5.64. The fraction of sp³-hybridized carbons (Fsp3) is 0.154. The number of rotatable bonds is 4. The summed E-state index contributed by atoms with van der Waals surface area (Å²) in [5, 5.41) is 3.87. The van der Waals surface area contributed by atoms with E-state index in [1.54, 1.807) is 19.4 Å². The molecular weight excluding hydrogens is 236 g/mol. The first kappa shape index (κ1) is 11.7. The molecule has 0 atom stereocenters. The molecule has 0 radical (unpaired) electrons. The Morgan fingerprint density at radius 3 is 2.82 bits per heavy atom. The van der Waals surface area contributed by atoms with Crippen LogP contribution in [-0.2, 0) is 6.54 Å². The minimum atomic E-state index is 0.639. The largest absolute Gasteiger partial charge is 0.497 e. The highest BCUT2D eigenvalue weighted by atomic mass is 35.5. The van der Waals surface area contributed by atoms with Gasteiger partial charge in [0, 0.05) is 12.3 Å². The van der Waals surface area contributed by atoms with Crippen LogP contribution in [0.2, 0.25) is 5.02 Å². The number of ether oxygens (including phenoxy) is 1. The molecule has 4 heteroatoms. The zero-order valence-electron chi connectivity index (χ0n) is 9.48. The van der Waals surface area contributed by atoms with E-state index in [0.29, 0.717) is 11.6 Å². The average Bonchev–Trinajstić information content (AvgIpc) is 2.38. The molecule has 0 fully saturated rings. The number of methoxy groups -OCH3 is 1. The van der Waals surface area contributed by atoms with Crippen LogP contribution in [0.1, 0.15) is 5.69 Å². The lowest BCUT2D eigenvalue weighted by Gasteiger charge is -2.09. The van der Waals surface area contributed by atoms with Crippen molar-refractivity contribution in [2.75, 3.05) is 12.4 Å².